The lowest BCUT2D eigenvalue weighted by Gasteiger charge is -2.28. The van der Waals surface area contributed by atoms with E-state index in [-0.39, 0.29) is 35.7 Å². The van der Waals surface area contributed by atoms with E-state index in [9.17, 15) is 14.4 Å². The largest absolute Gasteiger partial charge is 0.325 e. The first kappa shape index (κ1) is 20.3. The smallest absolute Gasteiger partial charge is 0.238 e. The molecule has 1 aliphatic rings. The maximum Gasteiger partial charge on any atom is 0.238 e. The van der Waals surface area contributed by atoms with Gasteiger partial charge >= 0.3 is 0 Å². The van der Waals surface area contributed by atoms with Gasteiger partial charge in [-0.1, -0.05) is 45.9 Å². The number of Topliss-reactive ketones (excluding diaryl/α,β-unsaturated/α-hetero) is 2. The Bertz CT molecular complexity index is 679. The predicted molar refractivity (Wildman–Crippen MR) is 104 cm³/mol. The van der Waals surface area contributed by atoms with Crippen LogP contribution in [0.15, 0.2) is 18.2 Å². The summed E-state index contributed by atoms with van der Waals surface area (Å²) in [4.78, 5) is 37.3. The van der Waals surface area contributed by atoms with Gasteiger partial charge in [0.1, 0.15) is 17.0 Å². The Hall–Kier alpha value is -1.97. The number of ketones is 2. The molecule has 0 aliphatic heterocycles. The zero-order valence-corrected chi connectivity index (χ0v) is 16.6. The molecule has 4 heteroatoms. The second-order valence-corrected chi connectivity index (χ2v) is 8.14. The van der Waals surface area contributed by atoms with Crippen LogP contribution in [0.25, 0.3) is 0 Å². The molecule has 0 radical (unpaired) electrons. The highest BCUT2D eigenvalue weighted by Gasteiger charge is 2.48. The van der Waals surface area contributed by atoms with Crippen molar-refractivity contribution < 1.29 is 14.4 Å². The predicted octanol–water partition coefficient (Wildman–Crippen LogP) is 4.98. The van der Waals surface area contributed by atoms with Gasteiger partial charge in [-0.3, -0.25) is 9.59 Å². The number of amides is 1. The fraction of sp³-hybridized carbons (Fsp3) is 0.591. The number of para-hydroxylation sites is 1. The van der Waals surface area contributed by atoms with Crippen LogP contribution in [0, 0.1) is 5.41 Å². The van der Waals surface area contributed by atoms with Gasteiger partial charge in [0.2, 0.25) is 5.91 Å². The Morgan fingerprint density at radius 2 is 1.69 bits per heavy atom. The molecule has 0 saturated heterocycles. The summed E-state index contributed by atoms with van der Waals surface area (Å²) in [5.41, 5.74) is 1.95. The second-order valence-electron chi connectivity index (χ2n) is 8.14. The summed E-state index contributed by atoms with van der Waals surface area (Å²) in [6, 6.07) is 6.09. The van der Waals surface area contributed by atoms with Gasteiger partial charge in [-0.15, -0.1) is 0 Å². The topological polar surface area (TPSA) is 63.2 Å². The van der Waals surface area contributed by atoms with Gasteiger partial charge in [0.15, 0.2) is 0 Å². The van der Waals surface area contributed by atoms with Crippen LogP contribution in [-0.4, -0.2) is 17.5 Å². The average Bonchev–Trinajstić information content (AvgIpc) is 2.94. The van der Waals surface area contributed by atoms with Crippen molar-refractivity contribution in [1.82, 2.24) is 0 Å². The zero-order valence-electron chi connectivity index (χ0n) is 16.6. The minimum atomic E-state index is -1.05. The summed E-state index contributed by atoms with van der Waals surface area (Å²) in [5, 5.41) is 3.11. The highest BCUT2D eigenvalue weighted by Crippen LogP contribution is 2.41. The number of carbonyl (C=O) groups is 3. The van der Waals surface area contributed by atoms with Gasteiger partial charge in [0, 0.05) is 18.5 Å². The van der Waals surface area contributed by atoms with Crippen LogP contribution in [0.1, 0.15) is 89.7 Å². The first-order valence-electron chi connectivity index (χ1n) is 9.66. The molecule has 1 N–H and O–H groups in total. The standard InChI is InChI=1S/C22H31NO3/c1-14(2)17-8-6-9-18(15(3)4)20(17)23-21(26)22(13-11-16(5)24)12-7-10-19(22)25/h6,8-9,14-15H,7,10-13H2,1-5H3,(H,23,26)/t22-/m1/s1. The molecule has 0 spiro atoms. The molecule has 0 bridgehead atoms. The van der Waals surface area contributed by atoms with E-state index in [0.29, 0.717) is 25.7 Å². The van der Waals surface area contributed by atoms with Crippen molar-refractivity contribution in [2.45, 2.75) is 78.6 Å². The second kappa shape index (κ2) is 8.15. The number of nitrogens with one attached hydrogen (secondary N) is 1. The molecule has 1 fully saturated rings. The van der Waals surface area contributed by atoms with E-state index < -0.39 is 5.41 Å². The number of rotatable bonds is 7. The number of benzene rings is 1. The van der Waals surface area contributed by atoms with Crippen molar-refractivity contribution in [3.8, 4) is 0 Å². The Morgan fingerprint density at radius 3 is 2.12 bits per heavy atom. The van der Waals surface area contributed by atoms with E-state index in [2.05, 4.69) is 33.0 Å². The minimum absolute atomic E-state index is 0.0160. The fourth-order valence-electron chi connectivity index (χ4n) is 3.87. The molecule has 1 saturated carbocycles. The fourth-order valence-corrected chi connectivity index (χ4v) is 3.87. The first-order chi connectivity index (χ1) is 12.2. The minimum Gasteiger partial charge on any atom is -0.325 e. The van der Waals surface area contributed by atoms with Crippen molar-refractivity contribution >= 4 is 23.2 Å². The van der Waals surface area contributed by atoms with Crippen LogP contribution >= 0.6 is 0 Å². The summed E-state index contributed by atoms with van der Waals surface area (Å²) < 4.78 is 0. The Balaban J connectivity index is 2.41. The molecular formula is C22H31NO3. The molecule has 1 amide bonds. The van der Waals surface area contributed by atoms with Crippen molar-refractivity contribution in [3.05, 3.63) is 29.3 Å². The van der Waals surface area contributed by atoms with Crippen LogP contribution in [0.3, 0.4) is 0 Å². The first-order valence-corrected chi connectivity index (χ1v) is 9.66. The Morgan fingerprint density at radius 1 is 1.12 bits per heavy atom. The Labute approximate surface area is 156 Å². The third-order valence-electron chi connectivity index (χ3n) is 5.49. The number of hydrogen-bond donors (Lipinski definition) is 1. The van der Waals surface area contributed by atoms with E-state index in [1.807, 2.05) is 18.2 Å². The van der Waals surface area contributed by atoms with Gasteiger partial charge in [0.05, 0.1) is 0 Å². The van der Waals surface area contributed by atoms with E-state index >= 15 is 0 Å². The Kier molecular flexibility index (Phi) is 6.38. The van der Waals surface area contributed by atoms with Crippen molar-refractivity contribution in [2.75, 3.05) is 5.32 Å². The molecule has 26 heavy (non-hydrogen) atoms. The van der Waals surface area contributed by atoms with E-state index in [4.69, 9.17) is 0 Å². The van der Waals surface area contributed by atoms with E-state index in [1.54, 1.807) is 0 Å². The van der Waals surface area contributed by atoms with Gasteiger partial charge in [-0.2, -0.15) is 0 Å². The van der Waals surface area contributed by atoms with Crippen LogP contribution < -0.4 is 5.32 Å². The highest BCUT2D eigenvalue weighted by molar-refractivity contribution is 6.13. The van der Waals surface area contributed by atoms with Crippen LogP contribution in [0.4, 0.5) is 5.69 Å². The molecule has 0 heterocycles. The third-order valence-corrected chi connectivity index (χ3v) is 5.49. The SMILES string of the molecule is CC(=O)CC[C@]1(C(=O)Nc2c(C(C)C)cccc2C(C)C)CCCC1=O. The average molecular weight is 357 g/mol. The molecule has 0 aromatic heterocycles. The van der Waals surface area contributed by atoms with Crippen molar-refractivity contribution in [3.63, 3.8) is 0 Å². The molecule has 1 aromatic rings. The number of carbonyl (C=O) groups excluding carboxylic acids is 3. The quantitative estimate of drug-likeness (QED) is 0.700. The molecule has 1 atom stereocenters. The summed E-state index contributed by atoms with van der Waals surface area (Å²) >= 11 is 0. The maximum atomic E-state index is 13.3. The maximum absolute atomic E-state index is 13.3. The number of hydrogen-bond acceptors (Lipinski definition) is 3. The van der Waals surface area contributed by atoms with Crippen molar-refractivity contribution in [1.29, 1.82) is 0 Å². The number of anilines is 1. The monoisotopic (exact) mass is 357 g/mol. The van der Waals surface area contributed by atoms with Gasteiger partial charge in [-0.25, -0.2) is 0 Å². The van der Waals surface area contributed by atoms with Gasteiger partial charge < -0.3 is 10.1 Å². The summed E-state index contributed by atoms with van der Waals surface area (Å²) in [6.45, 7) is 9.90. The molecule has 0 unspecified atom stereocenters. The highest BCUT2D eigenvalue weighted by atomic mass is 16.2. The molecular weight excluding hydrogens is 326 g/mol. The van der Waals surface area contributed by atoms with Crippen LogP contribution in [0.5, 0.6) is 0 Å². The van der Waals surface area contributed by atoms with Crippen LogP contribution in [0.2, 0.25) is 0 Å². The van der Waals surface area contributed by atoms with E-state index in [0.717, 1.165) is 16.8 Å². The van der Waals surface area contributed by atoms with Crippen LogP contribution in [-0.2, 0) is 14.4 Å². The lowest BCUT2D eigenvalue weighted by molar-refractivity contribution is -0.137. The van der Waals surface area contributed by atoms with Gasteiger partial charge in [-0.05, 0) is 49.1 Å². The molecule has 142 valence electrons. The lowest BCUT2D eigenvalue weighted by Crippen LogP contribution is -2.40. The molecule has 1 aromatic carbocycles. The molecule has 2 rings (SSSR count). The summed E-state index contributed by atoms with van der Waals surface area (Å²) in [6.07, 6.45) is 2.25. The van der Waals surface area contributed by atoms with Crippen molar-refractivity contribution in [2.24, 2.45) is 5.41 Å². The lowest BCUT2D eigenvalue weighted by atomic mass is 9.78. The third kappa shape index (κ3) is 4.05. The van der Waals surface area contributed by atoms with E-state index in [1.165, 1.54) is 6.92 Å². The normalized spacial score (nSPS) is 20.0. The van der Waals surface area contributed by atoms with Gasteiger partial charge in [0.25, 0.3) is 0 Å². The molecule has 1 aliphatic carbocycles. The molecule has 4 nitrogen and oxygen atoms in total. The summed E-state index contributed by atoms with van der Waals surface area (Å²) in [5.74, 6) is 0.274. The summed E-state index contributed by atoms with van der Waals surface area (Å²) in [7, 11) is 0. The zero-order chi connectivity index (χ0) is 19.5.